The van der Waals surface area contributed by atoms with Gasteiger partial charge in [0.15, 0.2) is 11.5 Å². The molecule has 98 valence electrons. The van der Waals surface area contributed by atoms with Gasteiger partial charge in [-0.25, -0.2) is 4.79 Å². The molecule has 2 rings (SSSR count). The topological polar surface area (TPSA) is 156 Å². The fraction of sp³-hybridized carbons (Fsp3) is 0.286. The van der Waals surface area contributed by atoms with Gasteiger partial charge in [0.2, 0.25) is 0 Å². The molecule has 0 fully saturated rings. The van der Waals surface area contributed by atoms with Crippen molar-refractivity contribution < 1.29 is 19.1 Å². The first kappa shape index (κ1) is 12.6. The number of imidazole rings is 1. The Bertz CT molecular complexity index is 700. The van der Waals surface area contributed by atoms with Crippen molar-refractivity contribution in [1.82, 2.24) is 19.5 Å². The molecule has 0 bridgehead atoms. The SMILES string of the molecule is COc1nc(N)c2[nH]c(=O)n(CP(=O)(O)O)c2n1. The second kappa shape index (κ2) is 4.09. The summed E-state index contributed by atoms with van der Waals surface area (Å²) in [6.45, 7) is 0. The Hall–Kier alpha value is -1.90. The molecule has 2 aromatic rings. The largest absolute Gasteiger partial charge is 0.467 e. The lowest BCUT2D eigenvalue weighted by molar-refractivity contribution is 0.361. The Morgan fingerprint density at radius 3 is 2.72 bits per heavy atom. The highest BCUT2D eigenvalue weighted by Crippen LogP contribution is 2.36. The standard InChI is InChI=1S/C7H10N5O5P/c1-17-6-10-4(8)3-5(11-6)12(7(13)9-3)2-18(14,15)16/h2H2,1H3,(H,9,13)(H2,8,10,11)(H2,14,15,16). The lowest BCUT2D eigenvalue weighted by Gasteiger charge is -2.05. The zero-order valence-electron chi connectivity index (χ0n) is 9.19. The van der Waals surface area contributed by atoms with E-state index in [-0.39, 0.29) is 23.0 Å². The van der Waals surface area contributed by atoms with Crippen LogP contribution in [0.1, 0.15) is 0 Å². The molecule has 0 aliphatic rings. The number of aromatic amines is 1. The second-order valence-electron chi connectivity index (χ2n) is 3.46. The molecular weight excluding hydrogens is 265 g/mol. The summed E-state index contributed by atoms with van der Waals surface area (Å²) >= 11 is 0. The van der Waals surface area contributed by atoms with Gasteiger partial charge in [0, 0.05) is 0 Å². The Balaban J connectivity index is 2.73. The highest BCUT2D eigenvalue weighted by atomic mass is 31.2. The predicted octanol–water partition coefficient (Wildman–Crippen LogP) is -1.15. The number of fused-ring (bicyclic) bond motifs is 1. The summed E-state index contributed by atoms with van der Waals surface area (Å²) in [5.74, 6) is -0.0431. The fourth-order valence-corrected chi connectivity index (χ4v) is 2.07. The molecule has 0 spiro atoms. The molecule has 5 N–H and O–H groups in total. The van der Waals surface area contributed by atoms with Crippen LogP contribution in [-0.2, 0) is 10.9 Å². The van der Waals surface area contributed by atoms with Crippen molar-refractivity contribution in [3.05, 3.63) is 10.5 Å². The van der Waals surface area contributed by atoms with E-state index in [4.69, 9.17) is 20.3 Å². The molecule has 0 saturated heterocycles. The Morgan fingerprint density at radius 1 is 1.50 bits per heavy atom. The number of hydrogen-bond acceptors (Lipinski definition) is 6. The average Bonchev–Trinajstić information content (AvgIpc) is 2.55. The molecular formula is C7H10N5O5P. The van der Waals surface area contributed by atoms with E-state index in [2.05, 4.69) is 15.0 Å². The van der Waals surface area contributed by atoms with Gasteiger partial charge >= 0.3 is 19.3 Å². The number of aromatic nitrogens is 4. The van der Waals surface area contributed by atoms with E-state index < -0.39 is 19.6 Å². The number of rotatable bonds is 3. The summed E-state index contributed by atoms with van der Waals surface area (Å²) in [5, 5.41) is 0. The number of nitrogen functional groups attached to an aromatic ring is 1. The Labute approximate surface area is 99.6 Å². The van der Waals surface area contributed by atoms with Gasteiger partial charge in [-0.15, -0.1) is 0 Å². The maximum absolute atomic E-state index is 11.6. The lowest BCUT2D eigenvalue weighted by Crippen LogP contribution is -2.17. The van der Waals surface area contributed by atoms with Crippen molar-refractivity contribution >= 4 is 24.6 Å². The van der Waals surface area contributed by atoms with Gasteiger partial charge in [0.1, 0.15) is 11.8 Å². The fourth-order valence-electron chi connectivity index (χ4n) is 1.44. The molecule has 2 heterocycles. The predicted molar refractivity (Wildman–Crippen MR) is 61.2 cm³/mol. The van der Waals surface area contributed by atoms with Gasteiger partial charge < -0.3 is 25.2 Å². The highest BCUT2D eigenvalue weighted by molar-refractivity contribution is 7.50. The van der Waals surface area contributed by atoms with Gasteiger partial charge in [-0.1, -0.05) is 0 Å². The summed E-state index contributed by atoms with van der Waals surface area (Å²) in [6.07, 6.45) is -0.800. The molecule has 0 saturated carbocycles. The Morgan fingerprint density at radius 2 is 2.17 bits per heavy atom. The summed E-state index contributed by atoms with van der Waals surface area (Å²) in [5.41, 5.74) is 4.92. The molecule has 0 unspecified atom stereocenters. The van der Waals surface area contributed by atoms with Crippen molar-refractivity contribution in [2.24, 2.45) is 0 Å². The molecule has 0 radical (unpaired) electrons. The third-order valence-electron chi connectivity index (χ3n) is 2.14. The first-order valence-corrected chi connectivity index (χ1v) is 6.46. The van der Waals surface area contributed by atoms with Crippen molar-refractivity contribution in [1.29, 1.82) is 0 Å². The molecule has 11 heteroatoms. The molecule has 18 heavy (non-hydrogen) atoms. The van der Waals surface area contributed by atoms with E-state index in [1.165, 1.54) is 7.11 Å². The van der Waals surface area contributed by atoms with E-state index in [0.29, 0.717) is 0 Å². The van der Waals surface area contributed by atoms with Crippen LogP contribution in [0.2, 0.25) is 0 Å². The van der Waals surface area contributed by atoms with Crippen LogP contribution < -0.4 is 16.2 Å². The molecule has 0 aliphatic heterocycles. The van der Waals surface area contributed by atoms with E-state index >= 15 is 0 Å². The number of nitrogens with two attached hydrogens (primary N) is 1. The van der Waals surface area contributed by atoms with Crippen LogP contribution in [0.3, 0.4) is 0 Å². The van der Waals surface area contributed by atoms with Crippen LogP contribution >= 0.6 is 7.60 Å². The lowest BCUT2D eigenvalue weighted by atomic mass is 10.5. The van der Waals surface area contributed by atoms with Crippen LogP contribution in [-0.4, -0.2) is 36.4 Å². The zero-order valence-corrected chi connectivity index (χ0v) is 10.1. The minimum atomic E-state index is -4.42. The third kappa shape index (κ3) is 2.21. The van der Waals surface area contributed by atoms with Crippen LogP contribution in [0.4, 0.5) is 5.82 Å². The molecule has 2 aromatic heterocycles. The minimum absolute atomic E-state index is 0.0207. The summed E-state index contributed by atoms with van der Waals surface area (Å²) < 4.78 is 16.5. The molecule has 10 nitrogen and oxygen atoms in total. The molecule has 0 aliphatic carbocycles. The maximum atomic E-state index is 11.6. The number of H-pyrrole nitrogens is 1. The van der Waals surface area contributed by atoms with Gasteiger partial charge in [0.05, 0.1) is 7.11 Å². The number of hydrogen-bond donors (Lipinski definition) is 4. The van der Waals surface area contributed by atoms with Crippen molar-refractivity contribution in [3.8, 4) is 6.01 Å². The number of methoxy groups -OCH3 is 1. The quantitative estimate of drug-likeness (QED) is 0.511. The zero-order chi connectivity index (χ0) is 13.5. The van der Waals surface area contributed by atoms with Crippen LogP contribution in [0, 0.1) is 0 Å². The molecule has 0 atom stereocenters. The van der Waals surface area contributed by atoms with Gasteiger partial charge in [0.25, 0.3) is 0 Å². The van der Waals surface area contributed by atoms with Crippen LogP contribution in [0.25, 0.3) is 11.2 Å². The number of nitrogens with zero attached hydrogens (tertiary/aromatic N) is 3. The first-order valence-electron chi connectivity index (χ1n) is 4.66. The van der Waals surface area contributed by atoms with Crippen LogP contribution in [0.15, 0.2) is 4.79 Å². The second-order valence-corrected chi connectivity index (χ2v) is 5.07. The normalized spacial score (nSPS) is 11.9. The minimum Gasteiger partial charge on any atom is -0.467 e. The van der Waals surface area contributed by atoms with Crippen molar-refractivity contribution in [2.75, 3.05) is 12.8 Å². The van der Waals surface area contributed by atoms with E-state index in [0.717, 1.165) is 4.57 Å². The smallest absolute Gasteiger partial charge is 0.345 e. The third-order valence-corrected chi connectivity index (χ3v) is 2.79. The molecule has 0 amide bonds. The van der Waals surface area contributed by atoms with Gasteiger partial charge in [-0.05, 0) is 0 Å². The first-order chi connectivity index (χ1) is 8.31. The highest BCUT2D eigenvalue weighted by Gasteiger charge is 2.21. The monoisotopic (exact) mass is 275 g/mol. The van der Waals surface area contributed by atoms with Gasteiger partial charge in [-0.3, -0.25) is 9.13 Å². The summed E-state index contributed by atoms with van der Waals surface area (Å²) in [6, 6.07) is -0.0986. The maximum Gasteiger partial charge on any atom is 0.345 e. The van der Waals surface area contributed by atoms with Crippen molar-refractivity contribution in [3.63, 3.8) is 0 Å². The summed E-state index contributed by atoms with van der Waals surface area (Å²) in [7, 11) is -3.12. The number of nitrogens with one attached hydrogen (secondary N) is 1. The summed E-state index contributed by atoms with van der Waals surface area (Å²) in [4.78, 5) is 39.3. The number of anilines is 1. The average molecular weight is 275 g/mol. The Kier molecular flexibility index (Phi) is 2.85. The van der Waals surface area contributed by atoms with Crippen molar-refractivity contribution in [2.45, 2.75) is 6.29 Å². The van der Waals surface area contributed by atoms with Gasteiger partial charge in [-0.2, -0.15) is 9.97 Å². The number of ether oxygens (including phenoxy) is 1. The van der Waals surface area contributed by atoms with Crippen LogP contribution in [0.5, 0.6) is 6.01 Å². The van der Waals surface area contributed by atoms with E-state index in [1.54, 1.807) is 0 Å². The molecule has 0 aromatic carbocycles. The van der Waals surface area contributed by atoms with E-state index in [9.17, 15) is 9.36 Å². The van der Waals surface area contributed by atoms with E-state index in [1.807, 2.05) is 0 Å².